The molecule has 1 unspecified atom stereocenters. The van der Waals surface area contributed by atoms with Crippen LogP contribution in [0.15, 0.2) is 18.2 Å². The first kappa shape index (κ1) is 15.8. The summed E-state index contributed by atoms with van der Waals surface area (Å²) in [5, 5.41) is 13.0. The van der Waals surface area contributed by atoms with Crippen molar-refractivity contribution in [3.05, 3.63) is 29.3 Å². The lowest BCUT2D eigenvalue weighted by Crippen LogP contribution is -2.38. The predicted molar refractivity (Wildman–Crippen MR) is 85.6 cm³/mol. The van der Waals surface area contributed by atoms with E-state index in [0.29, 0.717) is 12.5 Å². The molecule has 4 heteroatoms. The summed E-state index contributed by atoms with van der Waals surface area (Å²) in [5.41, 5.74) is 3.23. The number of para-hydroxylation sites is 1. The van der Waals surface area contributed by atoms with Crippen LogP contribution >= 0.6 is 0 Å². The maximum Gasteiger partial charge on any atom is 0.321 e. The molecule has 0 aromatic heterocycles. The van der Waals surface area contributed by atoms with Gasteiger partial charge in [0.15, 0.2) is 0 Å². The van der Waals surface area contributed by atoms with Crippen LogP contribution in [-0.2, 0) is 12.8 Å². The summed E-state index contributed by atoms with van der Waals surface area (Å²) in [6, 6.07) is 5.99. The van der Waals surface area contributed by atoms with Crippen molar-refractivity contribution in [1.29, 1.82) is 0 Å². The van der Waals surface area contributed by atoms with Gasteiger partial charge in [-0.2, -0.15) is 0 Å². The highest BCUT2D eigenvalue weighted by atomic mass is 16.3. The van der Waals surface area contributed by atoms with Crippen molar-refractivity contribution in [2.45, 2.75) is 45.6 Å². The Kier molecular flexibility index (Phi) is 5.23. The molecule has 0 radical (unpaired) electrons. The minimum atomic E-state index is -0.396. The highest BCUT2D eigenvalue weighted by Gasteiger charge is 2.31. The predicted octanol–water partition coefficient (Wildman–Crippen LogP) is 3.05. The van der Waals surface area contributed by atoms with Crippen molar-refractivity contribution in [2.75, 3.05) is 18.9 Å². The zero-order valence-electron chi connectivity index (χ0n) is 13.2. The fourth-order valence-corrected chi connectivity index (χ4v) is 2.60. The monoisotopic (exact) mass is 290 g/mol. The van der Waals surface area contributed by atoms with Gasteiger partial charge in [-0.25, -0.2) is 4.79 Å². The molecule has 116 valence electrons. The van der Waals surface area contributed by atoms with E-state index < -0.39 is 6.10 Å². The van der Waals surface area contributed by atoms with E-state index in [1.165, 1.54) is 0 Å². The molecule has 1 fully saturated rings. The lowest BCUT2D eigenvalue weighted by molar-refractivity contribution is 0.117. The third kappa shape index (κ3) is 3.97. The second kappa shape index (κ2) is 6.94. The van der Waals surface area contributed by atoms with Gasteiger partial charge >= 0.3 is 6.03 Å². The van der Waals surface area contributed by atoms with Crippen molar-refractivity contribution < 1.29 is 9.90 Å². The number of carbonyl (C=O) groups excluding carboxylic acids is 1. The minimum absolute atomic E-state index is 0.148. The van der Waals surface area contributed by atoms with Crippen LogP contribution in [0.4, 0.5) is 10.5 Å². The minimum Gasteiger partial charge on any atom is -0.391 e. The van der Waals surface area contributed by atoms with E-state index in [9.17, 15) is 9.90 Å². The number of nitrogens with one attached hydrogen (secondary N) is 1. The van der Waals surface area contributed by atoms with E-state index in [1.54, 1.807) is 11.9 Å². The summed E-state index contributed by atoms with van der Waals surface area (Å²) in [7, 11) is 1.74. The molecule has 0 bridgehead atoms. The molecule has 1 saturated carbocycles. The highest BCUT2D eigenvalue weighted by molar-refractivity contribution is 5.91. The van der Waals surface area contributed by atoms with E-state index in [1.807, 2.05) is 18.2 Å². The van der Waals surface area contributed by atoms with Gasteiger partial charge < -0.3 is 15.3 Å². The van der Waals surface area contributed by atoms with Gasteiger partial charge in [0.2, 0.25) is 0 Å². The highest BCUT2D eigenvalue weighted by Crippen LogP contribution is 2.32. The van der Waals surface area contributed by atoms with Crippen molar-refractivity contribution in [3.63, 3.8) is 0 Å². The summed E-state index contributed by atoms with van der Waals surface area (Å²) < 4.78 is 0. The van der Waals surface area contributed by atoms with Crippen LogP contribution in [0.3, 0.4) is 0 Å². The number of hydrogen-bond donors (Lipinski definition) is 2. The lowest BCUT2D eigenvalue weighted by Gasteiger charge is -2.23. The van der Waals surface area contributed by atoms with E-state index in [0.717, 1.165) is 42.5 Å². The van der Waals surface area contributed by atoms with Crippen LogP contribution in [0.25, 0.3) is 0 Å². The summed E-state index contributed by atoms with van der Waals surface area (Å²) in [5.74, 6) is 0.384. The van der Waals surface area contributed by atoms with Crippen molar-refractivity contribution in [2.24, 2.45) is 5.92 Å². The van der Waals surface area contributed by atoms with Crippen LogP contribution in [0.2, 0.25) is 0 Å². The molecule has 1 aromatic rings. The molecule has 2 rings (SSSR count). The molecule has 21 heavy (non-hydrogen) atoms. The average molecular weight is 290 g/mol. The molecule has 0 spiro atoms. The van der Waals surface area contributed by atoms with E-state index >= 15 is 0 Å². The van der Waals surface area contributed by atoms with Gasteiger partial charge in [-0.05, 0) is 42.7 Å². The second-order valence-corrected chi connectivity index (χ2v) is 5.87. The number of likely N-dealkylation sites (N-methyl/N-ethyl adjacent to an activating group) is 1. The van der Waals surface area contributed by atoms with Gasteiger partial charge in [-0.3, -0.25) is 0 Å². The zero-order chi connectivity index (χ0) is 15.4. The average Bonchev–Trinajstić information content (AvgIpc) is 3.31. The van der Waals surface area contributed by atoms with Gasteiger partial charge in [0.05, 0.1) is 6.10 Å². The Morgan fingerprint density at radius 2 is 1.90 bits per heavy atom. The Bertz CT molecular complexity index is 475. The molecule has 1 aliphatic carbocycles. The molecule has 1 aromatic carbocycles. The van der Waals surface area contributed by atoms with Crippen molar-refractivity contribution in [3.8, 4) is 0 Å². The number of aliphatic hydroxyl groups excluding tert-OH is 1. The fourth-order valence-electron chi connectivity index (χ4n) is 2.60. The first-order valence-electron chi connectivity index (χ1n) is 7.87. The van der Waals surface area contributed by atoms with Crippen LogP contribution in [0.1, 0.15) is 37.8 Å². The van der Waals surface area contributed by atoms with E-state index in [4.69, 9.17) is 0 Å². The van der Waals surface area contributed by atoms with Gasteiger partial charge in [0.1, 0.15) is 0 Å². The molecular weight excluding hydrogens is 264 g/mol. The van der Waals surface area contributed by atoms with Crippen LogP contribution in [-0.4, -0.2) is 35.7 Å². The summed E-state index contributed by atoms with van der Waals surface area (Å²) in [6.07, 6.45) is 3.54. The number of aryl methyl sites for hydroxylation is 2. The normalized spacial score (nSPS) is 15.6. The number of aliphatic hydroxyl groups is 1. The maximum absolute atomic E-state index is 12.3. The Hall–Kier alpha value is -1.55. The Balaban J connectivity index is 2.04. The molecule has 2 N–H and O–H groups in total. The van der Waals surface area contributed by atoms with E-state index in [-0.39, 0.29) is 6.03 Å². The number of rotatable bonds is 6. The third-order valence-electron chi connectivity index (χ3n) is 4.20. The van der Waals surface area contributed by atoms with Crippen LogP contribution in [0.5, 0.6) is 0 Å². The molecule has 0 saturated heterocycles. The Morgan fingerprint density at radius 3 is 2.38 bits per heavy atom. The summed E-state index contributed by atoms with van der Waals surface area (Å²) >= 11 is 0. The number of nitrogens with zero attached hydrogens (tertiary/aromatic N) is 1. The van der Waals surface area contributed by atoms with Gasteiger partial charge in [0.25, 0.3) is 0 Å². The molecule has 0 aliphatic heterocycles. The van der Waals surface area contributed by atoms with Gasteiger partial charge in [-0.1, -0.05) is 32.0 Å². The van der Waals surface area contributed by atoms with Crippen LogP contribution in [0, 0.1) is 5.92 Å². The number of carbonyl (C=O) groups is 1. The molecule has 2 amide bonds. The molecule has 1 atom stereocenters. The fraction of sp³-hybridized carbons (Fsp3) is 0.588. The SMILES string of the molecule is CCc1cccc(CC)c1NC(=O)N(C)CC(O)C1CC1. The quantitative estimate of drug-likeness (QED) is 0.846. The van der Waals surface area contributed by atoms with Gasteiger partial charge in [-0.15, -0.1) is 0 Å². The number of urea groups is 1. The van der Waals surface area contributed by atoms with Crippen molar-refractivity contribution >= 4 is 11.7 Å². The largest absolute Gasteiger partial charge is 0.391 e. The summed E-state index contributed by atoms with van der Waals surface area (Å²) in [6.45, 7) is 4.57. The number of anilines is 1. The van der Waals surface area contributed by atoms with Crippen molar-refractivity contribution in [1.82, 2.24) is 4.90 Å². The standard InChI is InChI=1S/C17H26N2O2/c1-4-12-7-6-8-13(5-2)16(12)18-17(21)19(3)11-15(20)14-9-10-14/h6-8,14-15,20H,4-5,9-11H2,1-3H3,(H,18,21). The molecule has 0 heterocycles. The molecule has 1 aliphatic rings. The number of benzene rings is 1. The van der Waals surface area contributed by atoms with E-state index in [2.05, 4.69) is 19.2 Å². The lowest BCUT2D eigenvalue weighted by atomic mass is 10.0. The third-order valence-corrected chi connectivity index (χ3v) is 4.20. The zero-order valence-corrected chi connectivity index (χ0v) is 13.2. The maximum atomic E-state index is 12.3. The first-order valence-corrected chi connectivity index (χ1v) is 7.87. The Morgan fingerprint density at radius 1 is 1.33 bits per heavy atom. The van der Waals surface area contributed by atoms with Gasteiger partial charge in [0, 0.05) is 19.3 Å². The number of amides is 2. The number of hydrogen-bond acceptors (Lipinski definition) is 2. The summed E-state index contributed by atoms with van der Waals surface area (Å²) in [4.78, 5) is 13.9. The topological polar surface area (TPSA) is 52.6 Å². The second-order valence-electron chi connectivity index (χ2n) is 5.87. The first-order chi connectivity index (χ1) is 10.1. The Labute approximate surface area is 127 Å². The molecule has 4 nitrogen and oxygen atoms in total. The van der Waals surface area contributed by atoms with Crippen LogP contribution < -0.4 is 5.32 Å². The molecular formula is C17H26N2O2. The smallest absolute Gasteiger partial charge is 0.321 e.